The summed E-state index contributed by atoms with van der Waals surface area (Å²) in [5, 5.41) is 4.36. The van der Waals surface area contributed by atoms with Gasteiger partial charge in [0.25, 0.3) is 5.91 Å². The molecule has 1 aromatic carbocycles. The smallest absolute Gasteiger partial charge is 0.322 e. The van der Waals surface area contributed by atoms with E-state index in [1.165, 1.54) is 6.20 Å². The summed E-state index contributed by atoms with van der Waals surface area (Å²) in [4.78, 5) is 31.0. The van der Waals surface area contributed by atoms with Crippen LogP contribution < -0.4 is 15.4 Å². The number of nitrogens with one attached hydrogen (secondary N) is 2. The molecule has 0 spiro atoms. The maximum absolute atomic E-state index is 12.9. The Morgan fingerprint density at radius 2 is 1.94 bits per heavy atom. The van der Waals surface area contributed by atoms with Crippen LogP contribution in [0.5, 0.6) is 5.88 Å². The lowest BCUT2D eigenvalue weighted by Crippen LogP contribution is -2.65. The Kier molecular flexibility index (Phi) is 7.28. The van der Waals surface area contributed by atoms with Crippen LogP contribution in [0.15, 0.2) is 48.7 Å². The number of pyridine rings is 1. The van der Waals surface area contributed by atoms with Gasteiger partial charge in [-0.15, -0.1) is 0 Å². The lowest BCUT2D eigenvalue weighted by molar-refractivity contribution is -0.126. The second-order valence-electron chi connectivity index (χ2n) is 8.16. The fourth-order valence-electron chi connectivity index (χ4n) is 4.41. The number of nitrogens with zero attached hydrogens (tertiary/aromatic N) is 2. The minimum atomic E-state index is -2.39. The van der Waals surface area contributed by atoms with Crippen molar-refractivity contribution in [2.75, 3.05) is 13.1 Å². The van der Waals surface area contributed by atoms with E-state index in [4.69, 9.17) is 16.3 Å². The van der Waals surface area contributed by atoms with Gasteiger partial charge in [-0.25, -0.2) is 14.0 Å². The molecule has 9 nitrogen and oxygen atoms in total. The van der Waals surface area contributed by atoms with E-state index in [2.05, 4.69) is 15.6 Å². The standard InChI is InChI=1S/C22H25ClN4O5S/c23-16-6-7-18(24-14-16)32-17-9-12-27(13-10-17)20(33(30)31)22(19(28)25-21(29)26-22)11-8-15-4-2-1-3-5-15/h1-7,14,17,20H,8-13H2,(H,30,31)(H2,25,26,28,29). The van der Waals surface area contributed by atoms with E-state index in [1.807, 2.05) is 30.3 Å². The third-order valence-electron chi connectivity index (χ3n) is 6.03. The van der Waals surface area contributed by atoms with E-state index in [1.54, 1.807) is 17.0 Å². The number of aryl methyl sites for hydroxylation is 1. The number of ether oxygens (including phenoxy) is 1. The Balaban J connectivity index is 1.49. The molecule has 4 rings (SSSR count). The van der Waals surface area contributed by atoms with Crippen molar-refractivity contribution in [3.8, 4) is 5.88 Å². The van der Waals surface area contributed by atoms with Gasteiger partial charge in [0.1, 0.15) is 11.5 Å². The summed E-state index contributed by atoms with van der Waals surface area (Å²) >= 11 is 3.47. The summed E-state index contributed by atoms with van der Waals surface area (Å²) in [6.45, 7) is 0.844. The minimum absolute atomic E-state index is 0.130. The molecule has 2 saturated heterocycles. The Morgan fingerprint density at radius 1 is 1.21 bits per heavy atom. The van der Waals surface area contributed by atoms with Gasteiger partial charge in [-0.3, -0.25) is 15.0 Å². The fraction of sp³-hybridized carbons (Fsp3) is 0.409. The molecule has 2 aliphatic heterocycles. The van der Waals surface area contributed by atoms with Crippen molar-refractivity contribution in [2.45, 2.75) is 42.7 Å². The van der Waals surface area contributed by atoms with Gasteiger partial charge in [-0.05, 0) is 37.3 Å². The lowest BCUT2D eigenvalue weighted by Gasteiger charge is -2.42. The van der Waals surface area contributed by atoms with Crippen LogP contribution in [-0.4, -0.2) is 60.7 Å². The first kappa shape index (κ1) is 23.6. The number of carbonyl (C=O) groups is 2. The van der Waals surface area contributed by atoms with E-state index in [-0.39, 0.29) is 12.5 Å². The zero-order chi connectivity index (χ0) is 23.4. The van der Waals surface area contributed by atoms with Gasteiger partial charge in [0.2, 0.25) is 5.88 Å². The molecule has 3 atom stereocenters. The van der Waals surface area contributed by atoms with Crippen molar-refractivity contribution in [3.05, 3.63) is 59.2 Å². The van der Waals surface area contributed by atoms with Crippen LogP contribution in [0.2, 0.25) is 5.02 Å². The zero-order valence-corrected chi connectivity index (χ0v) is 19.3. The van der Waals surface area contributed by atoms with Crippen LogP contribution in [0.25, 0.3) is 0 Å². The topological polar surface area (TPSA) is 121 Å². The highest BCUT2D eigenvalue weighted by atomic mass is 35.5. The second kappa shape index (κ2) is 10.2. The molecule has 0 saturated carbocycles. The van der Waals surface area contributed by atoms with E-state index < -0.39 is 33.9 Å². The van der Waals surface area contributed by atoms with Crippen molar-refractivity contribution in [3.63, 3.8) is 0 Å². The molecule has 0 aliphatic carbocycles. The number of aromatic nitrogens is 1. The number of hydrogen-bond acceptors (Lipinski definition) is 6. The van der Waals surface area contributed by atoms with Gasteiger partial charge >= 0.3 is 6.03 Å². The Hall–Kier alpha value is -2.53. The largest absolute Gasteiger partial charge is 0.474 e. The van der Waals surface area contributed by atoms with Crippen molar-refractivity contribution >= 4 is 34.6 Å². The molecule has 1 aromatic heterocycles. The highest BCUT2D eigenvalue weighted by molar-refractivity contribution is 7.80. The zero-order valence-electron chi connectivity index (χ0n) is 17.8. The molecular weight excluding hydrogens is 468 g/mol. The number of benzene rings is 1. The Morgan fingerprint density at radius 3 is 2.52 bits per heavy atom. The predicted octanol–water partition coefficient (Wildman–Crippen LogP) is 2.34. The first-order valence-corrected chi connectivity index (χ1v) is 12.2. The molecule has 33 heavy (non-hydrogen) atoms. The van der Waals surface area contributed by atoms with Gasteiger partial charge < -0.3 is 14.6 Å². The summed E-state index contributed by atoms with van der Waals surface area (Å²) in [6, 6.07) is 12.2. The monoisotopic (exact) mass is 492 g/mol. The van der Waals surface area contributed by atoms with Crippen LogP contribution in [-0.2, 0) is 22.3 Å². The quantitative estimate of drug-likeness (QED) is 0.382. The van der Waals surface area contributed by atoms with Crippen LogP contribution in [0.3, 0.4) is 0 Å². The number of imide groups is 1. The summed E-state index contributed by atoms with van der Waals surface area (Å²) in [7, 11) is 0. The molecule has 3 amide bonds. The van der Waals surface area contributed by atoms with Crippen molar-refractivity contribution in [1.82, 2.24) is 20.5 Å². The minimum Gasteiger partial charge on any atom is -0.474 e. The molecule has 2 aliphatic rings. The number of piperidine rings is 1. The number of carbonyl (C=O) groups excluding carboxylic acids is 2. The Bertz CT molecular complexity index is 1020. The van der Waals surface area contributed by atoms with Crippen molar-refractivity contribution in [2.24, 2.45) is 0 Å². The number of likely N-dealkylation sites (tertiary alicyclic amines) is 1. The SMILES string of the molecule is O=C1NC(=O)C(CCc2ccccc2)(C(N2CCC(Oc3ccc(Cl)cn3)CC2)S(=O)O)N1. The molecule has 0 bridgehead atoms. The maximum Gasteiger partial charge on any atom is 0.322 e. The number of hydrogen-bond donors (Lipinski definition) is 3. The molecule has 3 heterocycles. The van der Waals surface area contributed by atoms with E-state index in [9.17, 15) is 18.4 Å². The van der Waals surface area contributed by atoms with E-state index >= 15 is 0 Å². The number of rotatable bonds is 8. The van der Waals surface area contributed by atoms with Crippen LogP contribution in [0, 0.1) is 0 Å². The fourth-order valence-corrected chi connectivity index (χ4v) is 5.61. The normalized spacial score (nSPS) is 23.6. The maximum atomic E-state index is 12.9. The number of halogens is 1. The summed E-state index contributed by atoms with van der Waals surface area (Å²) in [5.41, 5.74) is -0.548. The van der Waals surface area contributed by atoms with Crippen LogP contribution in [0.1, 0.15) is 24.8 Å². The van der Waals surface area contributed by atoms with Crippen molar-refractivity contribution < 1.29 is 23.1 Å². The summed E-state index contributed by atoms with van der Waals surface area (Å²) in [5.74, 6) is -0.124. The van der Waals surface area contributed by atoms with Gasteiger partial charge in [0.05, 0.1) is 5.02 Å². The molecule has 2 aromatic rings. The Labute approximate surface area is 199 Å². The first-order valence-electron chi connectivity index (χ1n) is 10.7. The van der Waals surface area contributed by atoms with Gasteiger partial charge in [0, 0.05) is 25.4 Å². The molecular formula is C22H25ClN4O5S. The van der Waals surface area contributed by atoms with Crippen LogP contribution in [0.4, 0.5) is 4.79 Å². The molecule has 3 unspecified atom stereocenters. The average Bonchev–Trinajstić information content (AvgIpc) is 3.09. The molecule has 2 fully saturated rings. The number of urea groups is 1. The van der Waals surface area contributed by atoms with Gasteiger partial charge in [-0.2, -0.15) is 0 Å². The molecule has 0 radical (unpaired) electrons. The summed E-state index contributed by atoms with van der Waals surface area (Å²) in [6.07, 6.45) is 3.18. The summed E-state index contributed by atoms with van der Waals surface area (Å²) < 4.78 is 28.7. The third kappa shape index (κ3) is 5.35. The molecule has 3 N–H and O–H groups in total. The molecule has 176 valence electrons. The van der Waals surface area contributed by atoms with E-state index in [0.29, 0.717) is 43.3 Å². The average molecular weight is 493 g/mol. The van der Waals surface area contributed by atoms with E-state index in [0.717, 1.165) is 5.56 Å². The predicted molar refractivity (Wildman–Crippen MR) is 123 cm³/mol. The van der Waals surface area contributed by atoms with Crippen molar-refractivity contribution in [1.29, 1.82) is 0 Å². The van der Waals surface area contributed by atoms with Gasteiger partial charge in [-0.1, -0.05) is 41.9 Å². The second-order valence-corrected chi connectivity index (χ2v) is 9.60. The van der Waals surface area contributed by atoms with Gasteiger partial charge in [0.15, 0.2) is 16.6 Å². The lowest BCUT2D eigenvalue weighted by atomic mass is 9.89. The number of amides is 3. The highest BCUT2D eigenvalue weighted by Gasteiger charge is 2.56. The van der Waals surface area contributed by atoms with Crippen LogP contribution >= 0.6 is 11.6 Å². The molecule has 11 heteroatoms. The highest BCUT2D eigenvalue weighted by Crippen LogP contribution is 2.31. The third-order valence-corrected chi connectivity index (χ3v) is 7.33. The first-order chi connectivity index (χ1) is 15.9.